The molecule has 3 heterocycles. The summed E-state index contributed by atoms with van der Waals surface area (Å²) >= 11 is 6.13. The number of carbonyl (C=O) groups excluding carboxylic acids is 1. The summed E-state index contributed by atoms with van der Waals surface area (Å²) in [6.45, 7) is 0.943. The van der Waals surface area contributed by atoms with Crippen molar-refractivity contribution in [3.8, 4) is 11.3 Å². The molecular weight excluding hydrogens is 472 g/mol. The number of piperazine rings is 1. The Morgan fingerprint density at radius 3 is 2.38 bits per heavy atom. The Bertz CT molecular complexity index is 1470. The average Bonchev–Trinajstić information content (AvgIpc) is 2.88. The van der Waals surface area contributed by atoms with E-state index in [4.69, 9.17) is 16.6 Å². The summed E-state index contributed by atoms with van der Waals surface area (Å²) in [5.74, 6) is -0.154. The number of rotatable bonds is 4. The molecule has 0 spiro atoms. The zero-order chi connectivity index (χ0) is 23.7. The van der Waals surface area contributed by atoms with Gasteiger partial charge in [0.15, 0.2) is 0 Å². The third-order valence-electron chi connectivity index (χ3n) is 5.88. The van der Waals surface area contributed by atoms with E-state index in [1.54, 1.807) is 41.6 Å². The lowest BCUT2D eigenvalue weighted by Crippen LogP contribution is -2.50. The van der Waals surface area contributed by atoms with Crippen LogP contribution in [-0.4, -0.2) is 59.7 Å². The number of pyridine rings is 2. The predicted octanol–water partition coefficient (Wildman–Crippen LogP) is 4.10. The van der Waals surface area contributed by atoms with E-state index in [0.29, 0.717) is 16.8 Å². The van der Waals surface area contributed by atoms with Crippen molar-refractivity contribution in [1.29, 1.82) is 0 Å². The third-order valence-corrected chi connectivity index (χ3v) is 8.28. The summed E-state index contributed by atoms with van der Waals surface area (Å²) in [5, 5.41) is 0.943. The molecule has 0 unspecified atom stereocenters. The first-order valence-corrected chi connectivity index (χ1v) is 12.6. The summed E-state index contributed by atoms with van der Waals surface area (Å²) in [6, 6.07) is 19.4. The van der Waals surface area contributed by atoms with Gasteiger partial charge in [-0.05, 0) is 36.4 Å². The van der Waals surface area contributed by atoms with Crippen LogP contribution in [0, 0.1) is 0 Å². The highest BCUT2D eigenvalue weighted by atomic mass is 35.5. The van der Waals surface area contributed by atoms with Crippen molar-refractivity contribution in [3.05, 3.63) is 89.7 Å². The fraction of sp³-hybridized carbons (Fsp3) is 0.160. The highest BCUT2D eigenvalue weighted by Gasteiger charge is 2.32. The number of nitrogens with zero attached hydrogens (tertiary/aromatic N) is 4. The van der Waals surface area contributed by atoms with Crippen molar-refractivity contribution in [3.63, 3.8) is 0 Å². The van der Waals surface area contributed by atoms with Crippen molar-refractivity contribution in [2.75, 3.05) is 26.2 Å². The van der Waals surface area contributed by atoms with Gasteiger partial charge in [0.25, 0.3) is 5.91 Å². The molecule has 0 aliphatic carbocycles. The Labute approximate surface area is 202 Å². The lowest BCUT2D eigenvalue weighted by molar-refractivity contribution is 0.0700. The maximum Gasteiger partial charge on any atom is 0.254 e. The number of para-hydroxylation sites is 1. The van der Waals surface area contributed by atoms with E-state index in [2.05, 4.69) is 4.98 Å². The molecule has 172 valence electrons. The summed E-state index contributed by atoms with van der Waals surface area (Å²) in [6.07, 6.45) is 3.40. The molecule has 34 heavy (non-hydrogen) atoms. The number of fused-ring (bicyclic) bond motifs is 1. The fourth-order valence-corrected chi connectivity index (χ4v) is 6.02. The highest BCUT2D eigenvalue weighted by molar-refractivity contribution is 7.89. The van der Waals surface area contributed by atoms with Gasteiger partial charge in [0.1, 0.15) is 4.90 Å². The van der Waals surface area contributed by atoms with Crippen LogP contribution in [0.2, 0.25) is 5.02 Å². The van der Waals surface area contributed by atoms with Crippen LogP contribution in [0.15, 0.2) is 84.0 Å². The third kappa shape index (κ3) is 4.16. The molecule has 1 saturated heterocycles. The fourth-order valence-electron chi connectivity index (χ4n) is 4.11. The highest BCUT2D eigenvalue weighted by Crippen LogP contribution is 2.28. The smallest absolute Gasteiger partial charge is 0.254 e. The van der Waals surface area contributed by atoms with Gasteiger partial charge in [-0.3, -0.25) is 9.78 Å². The molecule has 0 bridgehead atoms. The minimum Gasteiger partial charge on any atom is -0.336 e. The van der Waals surface area contributed by atoms with E-state index < -0.39 is 10.0 Å². The molecule has 0 radical (unpaired) electrons. The van der Waals surface area contributed by atoms with Crippen LogP contribution in [0.5, 0.6) is 0 Å². The maximum atomic E-state index is 13.6. The Kier molecular flexibility index (Phi) is 6.03. The number of carbonyl (C=O) groups is 1. The Hall–Kier alpha value is -3.33. The molecule has 2 aromatic carbocycles. The quantitative estimate of drug-likeness (QED) is 0.428. The average molecular weight is 493 g/mol. The molecule has 1 aliphatic heterocycles. The molecule has 9 heteroatoms. The van der Waals surface area contributed by atoms with Crippen LogP contribution < -0.4 is 0 Å². The Balaban J connectivity index is 1.42. The lowest BCUT2D eigenvalue weighted by atomic mass is 10.0. The molecule has 1 amide bonds. The van der Waals surface area contributed by atoms with E-state index in [-0.39, 0.29) is 42.0 Å². The number of halogens is 1. The predicted molar refractivity (Wildman–Crippen MR) is 131 cm³/mol. The van der Waals surface area contributed by atoms with Gasteiger partial charge in [0.2, 0.25) is 10.0 Å². The minimum absolute atomic E-state index is 0.0812. The summed E-state index contributed by atoms with van der Waals surface area (Å²) < 4.78 is 27.5. The number of sulfonamides is 1. The second kappa shape index (κ2) is 9.13. The first-order chi connectivity index (χ1) is 16.4. The monoisotopic (exact) mass is 492 g/mol. The molecule has 1 aliphatic rings. The van der Waals surface area contributed by atoms with Gasteiger partial charge in [-0.1, -0.05) is 41.9 Å². The van der Waals surface area contributed by atoms with Crippen molar-refractivity contribution in [2.45, 2.75) is 4.90 Å². The van der Waals surface area contributed by atoms with Crippen LogP contribution in [0.3, 0.4) is 0 Å². The Morgan fingerprint density at radius 1 is 0.912 bits per heavy atom. The zero-order valence-electron chi connectivity index (χ0n) is 18.1. The number of hydrogen-bond donors (Lipinski definition) is 0. The van der Waals surface area contributed by atoms with E-state index >= 15 is 0 Å². The summed E-state index contributed by atoms with van der Waals surface area (Å²) in [7, 11) is -3.74. The summed E-state index contributed by atoms with van der Waals surface area (Å²) in [5.41, 5.74) is 2.73. The molecule has 5 rings (SSSR count). The van der Waals surface area contributed by atoms with Crippen molar-refractivity contribution in [1.82, 2.24) is 19.2 Å². The van der Waals surface area contributed by atoms with Gasteiger partial charge in [0, 0.05) is 49.5 Å². The molecule has 7 nitrogen and oxygen atoms in total. The second-order valence-electron chi connectivity index (χ2n) is 7.94. The molecule has 0 saturated carbocycles. The number of benzene rings is 2. The van der Waals surface area contributed by atoms with E-state index in [0.717, 1.165) is 10.9 Å². The van der Waals surface area contributed by atoms with Gasteiger partial charge in [-0.25, -0.2) is 13.4 Å². The molecule has 0 N–H and O–H groups in total. The molecular formula is C25H21ClN4O3S. The van der Waals surface area contributed by atoms with Gasteiger partial charge >= 0.3 is 0 Å². The molecule has 2 aromatic heterocycles. The standard InChI is InChI=1S/C25H21ClN4O3S/c26-21-8-2-4-10-24(21)34(32,33)30-14-12-29(13-15-30)25(31)20-16-23(18-6-5-11-27-17-18)28-22-9-3-1-7-19(20)22/h1-11,16-17H,12-15H2. The number of aromatic nitrogens is 2. The zero-order valence-corrected chi connectivity index (χ0v) is 19.7. The normalized spacial score (nSPS) is 14.9. The Morgan fingerprint density at radius 2 is 1.65 bits per heavy atom. The second-order valence-corrected chi connectivity index (χ2v) is 10.3. The van der Waals surface area contributed by atoms with Crippen LogP contribution in [-0.2, 0) is 10.0 Å². The van der Waals surface area contributed by atoms with Crippen molar-refractivity contribution < 1.29 is 13.2 Å². The topological polar surface area (TPSA) is 83.5 Å². The van der Waals surface area contributed by atoms with Crippen LogP contribution >= 0.6 is 11.6 Å². The molecule has 1 fully saturated rings. The van der Waals surface area contributed by atoms with Crippen LogP contribution in [0.1, 0.15) is 10.4 Å². The van der Waals surface area contributed by atoms with E-state index in [9.17, 15) is 13.2 Å². The van der Waals surface area contributed by atoms with Gasteiger partial charge in [-0.2, -0.15) is 4.31 Å². The number of hydrogen-bond acceptors (Lipinski definition) is 5. The van der Waals surface area contributed by atoms with E-state index in [1.807, 2.05) is 36.4 Å². The van der Waals surface area contributed by atoms with Gasteiger partial charge in [-0.15, -0.1) is 0 Å². The van der Waals surface area contributed by atoms with Crippen LogP contribution in [0.4, 0.5) is 0 Å². The van der Waals surface area contributed by atoms with Crippen LogP contribution in [0.25, 0.3) is 22.2 Å². The van der Waals surface area contributed by atoms with Gasteiger partial charge < -0.3 is 4.90 Å². The number of amides is 1. The molecule has 0 atom stereocenters. The van der Waals surface area contributed by atoms with Gasteiger partial charge in [0.05, 0.1) is 21.8 Å². The minimum atomic E-state index is -3.74. The maximum absolute atomic E-state index is 13.6. The molecule has 4 aromatic rings. The van der Waals surface area contributed by atoms with Crippen molar-refractivity contribution >= 4 is 38.4 Å². The first kappa shape index (κ1) is 22.5. The largest absolute Gasteiger partial charge is 0.336 e. The summed E-state index contributed by atoms with van der Waals surface area (Å²) in [4.78, 5) is 24.2. The SMILES string of the molecule is O=C(c1cc(-c2cccnc2)nc2ccccc12)N1CCN(S(=O)(=O)c2ccccc2Cl)CC1. The van der Waals surface area contributed by atoms with E-state index in [1.165, 1.54) is 10.4 Å². The van der Waals surface area contributed by atoms with Crippen molar-refractivity contribution in [2.24, 2.45) is 0 Å². The lowest BCUT2D eigenvalue weighted by Gasteiger charge is -2.34. The first-order valence-electron chi connectivity index (χ1n) is 10.8.